The number of piperazine rings is 2. The van der Waals surface area contributed by atoms with Crippen molar-refractivity contribution in [2.24, 2.45) is 0 Å². The van der Waals surface area contributed by atoms with Crippen LogP contribution < -0.4 is 24.3 Å². The third-order valence-electron chi connectivity index (χ3n) is 19.8. The van der Waals surface area contributed by atoms with Gasteiger partial charge >= 0.3 is 13.8 Å². The molecule has 0 atom stereocenters. The normalized spacial score (nSPS) is 13.9. The number of ether oxygens (including phenoxy) is 1. The van der Waals surface area contributed by atoms with E-state index in [1.54, 1.807) is 72.2 Å². The molecule has 0 spiro atoms. The van der Waals surface area contributed by atoms with Gasteiger partial charge in [0.2, 0.25) is 11.1 Å². The van der Waals surface area contributed by atoms with Crippen LogP contribution in [0.3, 0.4) is 0 Å². The predicted octanol–water partition coefficient (Wildman–Crippen LogP) is 19.5. The van der Waals surface area contributed by atoms with Crippen molar-refractivity contribution < 1.29 is 28.8 Å². The molecule has 0 bridgehead atoms. The Balaban J connectivity index is 0.000000151. The molecule has 11 heterocycles. The third kappa shape index (κ3) is 22.5. The van der Waals surface area contributed by atoms with Gasteiger partial charge in [0.15, 0.2) is 0 Å². The van der Waals surface area contributed by atoms with Gasteiger partial charge in [-0.3, -0.25) is 9.59 Å². The molecule has 4 aliphatic heterocycles. The van der Waals surface area contributed by atoms with Gasteiger partial charge in [-0.25, -0.2) is 74.6 Å². The van der Waals surface area contributed by atoms with E-state index in [-0.39, 0.29) is 26.9 Å². The van der Waals surface area contributed by atoms with Crippen molar-refractivity contribution in [2.75, 3.05) is 98.1 Å². The van der Waals surface area contributed by atoms with E-state index in [1.165, 1.54) is 57.3 Å². The molecule has 1 N–H and O–H groups in total. The van der Waals surface area contributed by atoms with Crippen LogP contribution >= 0.6 is 89.9 Å². The highest BCUT2D eigenvalue weighted by molar-refractivity contribution is 9.11. The number of halogens is 7. The van der Waals surface area contributed by atoms with Gasteiger partial charge in [-0.1, -0.05) is 123 Å². The van der Waals surface area contributed by atoms with Crippen LogP contribution in [0.25, 0.3) is 98.6 Å². The number of amides is 2. The van der Waals surface area contributed by atoms with Crippen molar-refractivity contribution in [3.05, 3.63) is 220 Å². The smallest absolute Gasteiger partial charge is 0.536 e. The maximum atomic E-state index is 12.4. The fraction of sp³-hybridized carbons (Fsp3) is 0.276. The number of rotatable bonds is 10. The van der Waals surface area contributed by atoms with Crippen molar-refractivity contribution in [3.8, 4) is 28.0 Å². The van der Waals surface area contributed by atoms with E-state index in [1.807, 2.05) is 112 Å². The Morgan fingerprint density at radius 1 is 0.430 bits per heavy atom. The molecule has 1 radical (unpaired) electrons. The highest BCUT2D eigenvalue weighted by Gasteiger charge is 2.29. The number of allylic oxidation sites excluding steroid dienone is 1. The third-order valence-corrected chi connectivity index (χ3v) is 22.7. The quantitative estimate of drug-likeness (QED) is 0.0756. The number of nitrogens with zero attached hydrogens (tertiary/aromatic N) is 20. The van der Waals surface area contributed by atoms with E-state index in [0.29, 0.717) is 85.9 Å². The van der Waals surface area contributed by atoms with E-state index in [4.69, 9.17) is 72.4 Å². The van der Waals surface area contributed by atoms with Crippen molar-refractivity contribution in [1.29, 1.82) is 0 Å². The van der Waals surface area contributed by atoms with Crippen LogP contribution in [0, 0.1) is 0 Å². The Hall–Kier alpha value is -10.8. The molecule has 18 rings (SSSR count). The first-order chi connectivity index (χ1) is 57.6. The highest BCUT2D eigenvalue weighted by atomic mass is 79.9. The second-order valence-corrected chi connectivity index (χ2v) is 32.3. The number of piperidine rings is 2. The lowest BCUT2D eigenvalue weighted by atomic mass is 10.0. The van der Waals surface area contributed by atoms with Crippen LogP contribution in [-0.4, -0.2) is 194 Å². The summed E-state index contributed by atoms with van der Waals surface area (Å²) < 4.78 is 12.3. The summed E-state index contributed by atoms with van der Waals surface area (Å²) in [6.07, 6.45) is 25.8. The zero-order valence-electron chi connectivity index (χ0n) is 65.0. The Kier molecular flexibility index (Phi) is 32.1. The van der Waals surface area contributed by atoms with Crippen LogP contribution in [0.4, 0.5) is 28.1 Å². The van der Waals surface area contributed by atoms with Gasteiger partial charge in [0.05, 0.1) is 48.7 Å². The van der Waals surface area contributed by atoms with E-state index < -0.39 is 10.8 Å². The fourth-order valence-corrected chi connectivity index (χ4v) is 15.8. The lowest BCUT2D eigenvalue weighted by molar-refractivity contribution is -0.126. The summed E-state index contributed by atoms with van der Waals surface area (Å²) in [5.74, 6) is 3.89. The van der Waals surface area contributed by atoms with E-state index in [9.17, 15) is 14.4 Å². The first-order valence-corrected chi connectivity index (χ1v) is 41.6. The van der Waals surface area contributed by atoms with Crippen LogP contribution in [0.15, 0.2) is 200 Å². The Labute approximate surface area is 743 Å². The molecule has 0 saturated carbocycles. The molecule has 4 aliphatic rings. The van der Waals surface area contributed by atoms with Crippen LogP contribution in [0.2, 0.25) is 20.1 Å². The lowest BCUT2D eigenvalue weighted by Crippen LogP contribution is -2.50. The molecular weight excluding hydrogens is 1770 g/mol. The van der Waals surface area contributed by atoms with Crippen LogP contribution in [-0.2, 0) is 14.3 Å². The number of carbonyl (C=O) groups excluding carboxylic acids is 3. The average molecular weight is 1860 g/mol. The topological polar surface area (TPSA) is 290 Å². The zero-order chi connectivity index (χ0) is 83.7. The van der Waals surface area contributed by atoms with E-state index in [2.05, 4.69) is 134 Å². The van der Waals surface area contributed by atoms with Crippen LogP contribution in [0.5, 0.6) is 5.75 Å². The summed E-state index contributed by atoms with van der Waals surface area (Å²) in [7, 11) is 0.611. The molecule has 7 aromatic carbocycles. The lowest BCUT2D eigenvalue weighted by Gasteiger charge is -2.36. The number of aromatic nitrogens is 14. The van der Waals surface area contributed by atoms with Gasteiger partial charge < -0.3 is 43.8 Å². The van der Waals surface area contributed by atoms with E-state index >= 15 is 0 Å². The SMILES string of the molecule is Brc1cccc2cncnc12.C.C.C=CC(=O)Cl.C=CC(=O)N1CCN(c2ncnc3cc(-c4cccc5cncnc45)c(Cl)cc23)CC1.CC(C)(C)OC(=O)N1CCN(c2ncnc3cc(-c4cccc5cncnc45)c(Cl)cc23)CC1.Clc1cc2c(N3CCCCC3)ncnc2cc1Br.O[B]Oc1cc2ncnc(N3CCCCC3)c2cc1Cl. The van der Waals surface area contributed by atoms with Crippen molar-refractivity contribution in [1.82, 2.24) is 79.6 Å². The molecule has 4 saturated heterocycles. The first kappa shape index (κ1) is 91.0. The summed E-state index contributed by atoms with van der Waals surface area (Å²) in [5.41, 5.74) is 9.00. The Morgan fingerprint density at radius 2 is 0.802 bits per heavy atom. The molecule has 121 heavy (non-hydrogen) atoms. The number of fused-ring (bicyclic) bond motifs is 7. The van der Waals surface area contributed by atoms with Crippen molar-refractivity contribution >= 4 is 214 Å². The zero-order valence-corrected chi connectivity index (χ0v) is 72.0. The number of benzene rings is 7. The highest BCUT2D eigenvalue weighted by Crippen LogP contribution is 2.41. The summed E-state index contributed by atoms with van der Waals surface area (Å²) in [5, 5.41) is 17.2. The number of hydrogen-bond acceptors (Lipinski definition) is 24. The first-order valence-electron chi connectivity index (χ1n) is 38.1. The molecule has 34 heteroatoms. The molecule has 4 fully saturated rings. The second kappa shape index (κ2) is 42.6. The predicted molar refractivity (Wildman–Crippen MR) is 494 cm³/mol. The molecule has 14 aromatic rings. The fourth-order valence-electron chi connectivity index (χ4n) is 14.1. The monoisotopic (exact) mass is 1850 g/mol. The average Bonchev–Trinajstić information content (AvgIpc) is 0.732. The molecule has 7 aromatic heterocycles. The maximum Gasteiger partial charge on any atom is 0.569 e. The minimum absolute atomic E-state index is 0. The van der Waals surface area contributed by atoms with Gasteiger partial charge in [-0.15, -0.1) is 0 Å². The standard InChI is InChI=1S/C25H25ClN6O2.C23H19ClN6O.C13H14BClN3O2.C13H13BrClN3.C8H5BrN2.C3H3ClO.2CH4/c1-25(2,3)34-24(33)32-9-7-31(8-10-32)23-19-11-20(26)18(12-21(19)28-15-30-23)17-6-4-5-16-13-27-14-29-22(16)17;1-2-21(31)29-6-8-30(9-7-29)23-18-10-19(24)17(11-20(18)26-14-28-23)16-5-3-4-15-12-25-13-27-22(15)16;15-10-6-9-11(7-12(10)20-14-19)16-8-17-13(9)18-4-2-1-3-5-18;14-10-7-12-9(6-11(10)15)13(17-8-16-12)18-4-2-1-3-5-18;9-7-3-1-2-6-4-10-5-11-8(6)7;1-2-3(4)5;;/h4-6,11-15H,7-10H2,1-3H3;2-5,10-14H,1,6-9H2;6-8,19H,1-5H2;6-8H,1-5H2;1-5H;2H,1H2;2*1H4. The van der Waals surface area contributed by atoms with Gasteiger partial charge in [0, 0.05) is 182 Å². The van der Waals surface area contributed by atoms with Crippen molar-refractivity contribution in [2.45, 2.75) is 79.8 Å². The maximum absolute atomic E-state index is 12.4. The summed E-state index contributed by atoms with van der Waals surface area (Å²) in [6.45, 7) is 21.4. The van der Waals surface area contributed by atoms with Gasteiger partial charge in [-0.2, -0.15) is 0 Å². The summed E-state index contributed by atoms with van der Waals surface area (Å²) in [6, 6.07) is 33.0. The van der Waals surface area contributed by atoms with Gasteiger partial charge in [0.25, 0.3) is 0 Å². The number of anilines is 4. The molecule has 0 aliphatic carbocycles. The molecule has 26 nitrogen and oxygen atoms in total. The molecule has 623 valence electrons. The number of hydrogen-bond donors (Lipinski definition) is 1. The minimum Gasteiger partial charge on any atom is -0.536 e. The van der Waals surface area contributed by atoms with Crippen LogP contribution in [0.1, 0.15) is 74.1 Å². The largest absolute Gasteiger partial charge is 0.569 e. The van der Waals surface area contributed by atoms with E-state index in [0.717, 1.165) is 163 Å². The van der Waals surface area contributed by atoms with Gasteiger partial charge in [0.1, 0.15) is 78.9 Å². The summed E-state index contributed by atoms with van der Waals surface area (Å²) in [4.78, 5) is 107. The number of para-hydroxylation sites is 3. The van der Waals surface area contributed by atoms with Crippen molar-refractivity contribution in [3.63, 3.8) is 0 Å². The molecular formula is C87H87BBr2Cl5N20O6. The minimum atomic E-state index is -0.512. The molecule has 0 unspecified atom stereocenters. The van der Waals surface area contributed by atoms with Gasteiger partial charge in [-0.05, 0) is 163 Å². The summed E-state index contributed by atoms with van der Waals surface area (Å²) >= 11 is 37.4. The molecule has 2 amide bonds. The Bertz CT molecular complexity index is 6030. The second-order valence-electron chi connectivity index (χ2n) is 28.6. The Morgan fingerprint density at radius 3 is 1.21 bits per heavy atom. The number of carbonyl (C=O) groups is 3.